The number of carbonyl (C=O) groups is 2. The molecule has 1 aromatic heterocycles. The fraction of sp³-hybridized carbons (Fsp3) is 0.286. The van der Waals surface area contributed by atoms with Gasteiger partial charge in [0.15, 0.2) is 0 Å². The van der Waals surface area contributed by atoms with Crippen LogP contribution >= 0.6 is 0 Å². The zero-order valence-electron chi connectivity index (χ0n) is 10.8. The highest BCUT2D eigenvalue weighted by Crippen LogP contribution is 2.24. The molecule has 2 rings (SSSR count). The third kappa shape index (κ3) is 2.59. The molecule has 2 aromatic rings. The lowest BCUT2D eigenvalue weighted by atomic mass is 10.1. The van der Waals surface area contributed by atoms with Crippen LogP contribution in [0.4, 0.5) is 0 Å². The van der Waals surface area contributed by atoms with Gasteiger partial charge in [-0.05, 0) is 37.6 Å². The number of aromatic amines is 1. The minimum absolute atomic E-state index is 0.0713. The maximum absolute atomic E-state index is 11.7. The summed E-state index contributed by atoms with van der Waals surface area (Å²) in [6, 6.07) is 5.11. The first-order chi connectivity index (χ1) is 9.02. The fourth-order valence-electron chi connectivity index (χ4n) is 2.10. The summed E-state index contributed by atoms with van der Waals surface area (Å²) < 4.78 is 4.94. The molecule has 0 fully saturated rings. The molecule has 0 saturated carbocycles. The smallest absolute Gasteiger partial charge is 0.338 e. The Morgan fingerprint density at radius 1 is 1.37 bits per heavy atom. The summed E-state index contributed by atoms with van der Waals surface area (Å²) in [4.78, 5) is 25.7. The van der Waals surface area contributed by atoms with Crippen molar-refractivity contribution in [2.75, 3.05) is 6.61 Å². The van der Waals surface area contributed by atoms with Gasteiger partial charge in [-0.3, -0.25) is 4.79 Å². The van der Waals surface area contributed by atoms with E-state index in [2.05, 4.69) is 4.98 Å². The largest absolute Gasteiger partial charge is 0.481 e. The molecule has 19 heavy (non-hydrogen) atoms. The minimum Gasteiger partial charge on any atom is -0.481 e. The molecule has 2 N–H and O–H groups in total. The molecule has 100 valence electrons. The molecule has 5 heteroatoms. The van der Waals surface area contributed by atoms with Crippen LogP contribution in [0.3, 0.4) is 0 Å². The van der Waals surface area contributed by atoms with E-state index in [0.29, 0.717) is 17.7 Å². The summed E-state index contributed by atoms with van der Waals surface area (Å²) in [5.41, 5.74) is 2.76. The Labute approximate surface area is 110 Å². The van der Waals surface area contributed by atoms with Crippen LogP contribution in [0.5, 0.6) is 0 Å². The predicted molar refractivity (Wildman–Crippen MR) is 70.3 cm³/mol. The van der Waals surface area contributed by atoms with Crippen molar-refractivity contribution >= 4 is 22.8 Å². The summed E-state index contributed by atoms with van der Waals surface area (Å²) in [5, 5.41) is 9.68. The lowest BCUT2D eigenvalue weighted by Crippen LogP contribution is -2.04. The number of carboxylic acid groups (broad SMARTS) is 1. The molecule has 0 bridgehead atoms. The number of benzene rings is 1. The van der Waals surface area contributed by atoms with Crippen molar-refractivity contribution < 1.29 is 19.4 Å². The third-order valence-electron chi connectivity index (χ3n) is 2.96. The maximum Gasteiger partial charge on any atom is 0.338 e. The van der Waals surface area contributed by atoms with E-state index < -0.39 is 11.9 Å². The van der Waals surface area contributed by atoms with E-state index in [1.165, 1.54) is 0 Å². The number of carbonyl (C=O) groups excluding carboxylic acids is 1. The van der Waals surface area contributed by atoms with Crippen molar-refractivity contribution in [1.29, 1.82) is 0 Å². The van der Waals surface area contributed by atoms with Gasteiger partial charge in [0.1, 0.15) is 0 Å². The number of hydrogen-bond acceptors (Lipinski definition) is 3. The number of rotatable bonds is 4. The molecule has 0 aliphatic heterocycles. The second kappa shape index (κ2) is 5.14. The molecule has 0 radical (unpaired) electrons. The van der Waals surface area contributed by atoms with E-state index in [1.54, 1.807) is 25.1 Å². The number of carboxylic acids is 1. The Kier molecular flexibility index (Phi) is 3.55. The van der Waals surface area contributed by atoms with Crippen LogP contribution < -0.4 is 0 Å². The first kappa shape index (κ1) is 13.1. The lowest BCUT2D eigenvalue weighted by molar-refractivity contribution is -0.136. The molecule has 5 nitrogen and oxygen atoms in total. The van der Waals surface area contributed by atoms with Crippen molar-refractivity contribution in [3.05, 3.63) is 35.0 Å². The zero-order valence-corrected chi connectivity index (χ0v) is 10.8. The van der Waals surface area contributed by atoms with E-state index in [4.69, 9.17) is 9.84 Å². The van der Waals surface area contributed by atoms with E-state index in [9.17, 15) is 9.59 Å². The van der Waals surface area contributed by atoms with Crippen LogP contribution in [0, 0.1) is 6.92 Å². The van der Waals surface area contributed by atoms with E-state index in [-0.39, 0.29) is 6.42 Å². The Morgan fingerprint density at radius 3 is 2.74 bits per heavy atom. The van der Waals surface area contributed by atoms with Crippen LogP contribution in [0.25, 0.3) is 10.9 Å². The van der Waals surface area contributed by atoms with Gasteiger partial charge < -0.3 is 14.8 Å². The zero-order chi connectivity index (χ0) is 14.0. The molecule has 0 unspecified atom stereocenters. The molecule has 1 aromatic carbocycles. The second-order valence-corrected chi connectivity index (χ2v) is 4.28. The van der Waals surface area contributed by atoms with Crippen LogP contribution in [0.15, 0.2) is 18.2 Å². The van der Waals surface area contributed by atoms with Crippen LogP contribution in [-0.2, 0) is 16.0 Å². The summed E-state index contributed by atoms with van der Waals surface area (Å²) >= 11 is 0. The topological polar surface area (TPSA) is 79.4 Å². The quantitative estimate of drug-likeness (QED) is 0.827. The van der Waals surface area contributed by atoms with Crippen molar-refractivity contribution in [1.82, 2.24) is 4.98 Å². The number of aliphatic carboxylic acids is 1. The summed E-state index contributed by atoms with van der Waals surface area (Å²) in [6.45, 7) is 3.88. The maximum atomic E-state index is 11.7. The summed E-state index contributed by atoms with van der Waals surface area (Å²) in [6.07, 6.45) is -0.0713. The summed E-state index contributed by atoms with van der Waals surface area (Å²) in [7, 11) is 0. The van der Waals surface area contributed by atoms with E-state index in [0.717, 1.165) is 16.6 Å². The average molecular weight is 261 g/mol. The second-order valence-electron chi connectivity index (χ2n) is 4.28. The number of fused-ring (bicyclic) bond motifs is 1. The molecular formula is C14H15NO4. The van der Waals surface area contributed by atoms with Crippen molar-refractivity contribution in [3.63, 3.8) is 0 Å². The molecular weight excluding hydrogens is 246 g/mol. The Hall–Kier alpha value is -2.30. The molecule has 0 amide bonds. The monoisotopic (exact) mass is 261 g/mol. The third-order valence-corrected chi connectivity index (χ3v) is 2.96. The number of hydrogen-bond donors (Lipinski definition) is 2. The minimum atomic E-state index is -0.898. The Balaban J connectivity index is 2.50. The lowest BCUT2D eigenvalue weighted by Gasteiger charge is -2.02. The number of aryl methyl sites for hydroxylation is 1. The molecule has 0 saturated heterocycles. The first-order valence-corrected chi connectivity index (χ1v) is 6.03. The van der Waals surface area contributed by atoms with Gasteiger partial charge in [-0.2, -0.15) is 0 Å². The van der Waals surface area contributed by atoms with Gasteiger partial charge >= 0.3 is 11.9 Å². The number of nitrogens with one attached hydrogen (secondary N) is 1. The fourth-order valence-corrected chi connectivity index (χ4v) is 2.10. The highest BCUT2D eigenvalue weighted by Gasteiger charge is 2.14. The molecule has 0 spiro atoms. The SMILES string of the molecule is CCOC(=O)c1ccc2[nH]c(C)c(CC(=O)O)c2c1. The standard InChI is InChI=1S/C14H15NO4/c1-3-19-14(18)9-4-5-12-11(6-9)10(7-13(16)17)8(2)15-12/h4-6,15H,3,7H2,1-2H3,(H,16,17). The van der Waals surface area contributed by atoms with Gasteiger partial charge in [0.05, 0.1) is 18.6 Å². The van der Waals surface area contributed by atoms with Crippen LogP contribution in [0.2, 0.25) is 0 Å². The first-order valence-electron chi connectivity index (χ1n) is 6.03. The van der Waals surface area contributed by atoms with E-state index >= 15 is 0 Å². The average Bonchev–Trinajstić information content (AvgIpc) is 2.65. The van der Waals surface area contributed by atoms with E-state index in [1.807, 2.05) is 6.92 Å². The molecule has 0 aliphatic rings. The van der Waals surface area contributed by atoms with Gasteiger partial charge in [-0.25, -0.2) is 4.79 Å². The Bertz CT molecular complexity index is 642. The van der Waals surface area contributed by atoms with Crippen molar-refractivity contribution in [2.45, 2.75) is 20.3 Å². The molecule has 1 heterocycles. The number of aromatic nitrogens is 1. The van der Waals surface area contributed by atoms with Gasteiger partial charge in [-0.15, -0.1) is 0 Å². The van der Waals surface area contributed by atoms with Gasteiger partial charge in [0.2, 0.25) is 0 Å². The van der Waals surface area contributed by atoms with Crippen molar-refractivity contribution in [3.8, 4) is 0 Å². The molecule has 0 aliphatic carbocycles. The highest BCUT2D eigenvalue weighted by molar-refractivity contribution is 5.97. The van der Waals surface area contributed by atoms with Gasteiger partial charge in [0.25, 0.3) is 0 Å². The van der Waals surface area contributed by atoms with Crippen LogP contribution in [-0.4, -0.2) is 28.6 Å². The summed E-state index contributed by atoms with van der Waals surface area (Å²) in [5.74, 6) is -1.30. The number of ether oxygens (including phenoxy) is 1. The number of esters is 1. The Morgan fingerprint density at radius 2 is 2.11 bits per heavy atom. The van der Waals surface area contributed by atoms with Gasteiger partial charge in [0, 0.05) is 16.6 Å². The number of H-pyrrole nitrogens is 1. The van der Waals surface area contributed by atoms with Gasteiger partial charge in [-0.1, -0.05) is 0 Å². The van der Waals surface area contributed by atoms with Crippen molar-refractivity contribution in [2.24, 2.45) is 0 Å². The normalized spacial score (nSPS) is 10.6. The highest BCUT2D eigenvalue weighted by atomic mass is 16.5. The van der Waals surface area contributed by atoms with Crippen LogP contribution in [0.1, 0.15) is 28.5 Å². The predicted octanol–water partition coefficient (Wildman–Crippen LogP) is 2.28. The molecule has 0 atom stereocenters.